The Bertz CT molecular complexity index is 2060. The highest BCUT2D eigenvalue weighted by atomic mass is 79.9. The Balaban J connectivity index is 1.32. The van der Waals surface area contributed by atoms with Gasteiger partial charge >= 0.3 is 0 Å². The van der Waals surface area contributed by atoms with Gasteiger partial charge in [0, 0.05) is 36.4 Å². The summed E-state index contributed by atoms with van der Waals surface area (Å²) in [6.07, 6.45) is 5.72. The molecule has 0 saturated carbocycles. The normalized spacial score (nSPS) is 13.7. The lowest BCUT2D eigenvalue weighted by Gasteiger charge is -2.26. The quantitative estimate of drug-likeness (QED) is 0.0800. The molecule has 0 saturated heterocycles. The molecule has 5 rings (SSSR count). The van der Waals surface area contributed by atoms with Gasteiger partial charge in [0.25, 0.3) is 5.91 Å². The minimum absolute atomic E-state index is 0.226. The van der Waals surface area contributed by atoms with Crippen LogP contribution >= 0.6 is 43.5 Å². The Morgan fingerprint density at radius 3 is 2.65 bits per heavy atom. The van der Waals surface area contributed by atoms with Crippen molar-refractivity contribution in [2.45, 2.75) is 17.8 Å². The number of alkyl halides is 2. The average molecular weight is 814 g/mol. The van der Waals surface area contributed by atoms with E-state index in [2.05, 4.69) is 77.3 Å². The number of ether oxygens (including phenoxy) is 1. The number of aromatic nitrogens is 2. The van der Waals surface area contributed by atoms with E-state index in [0.717, 1.165) is 23.5 Å². The van der Waals surface area contributed by atoms with Crippen LogP contribution in [-0.4, -0.2) is 44.7 Å². The second-order valence-corrected chi connectivity index (χ2v) is 12.7. The van der Waals surface area contributed by atoms with E-state index < -0.39 is 11.6 Å². The number of amides is 1. The van der Waals surface area contributed by atoms with Crippen LogP contribution in [0.4, 0.5) is 14.5 Å². The number of halogens is 5. The lowest BCUT2D eigenvalue weighted by molar-refractivity contribution is 0.102. The molecule has 2 N–H and O–H groups in total. The first-order valence-electron chi connectivity index (χ1n) is 14.7. The number of hydrazone groups is 1. The van der Waals surface area contributed by atoms with E-state index in [9.17, 15) is 13.6 Å². The van der Waals surface area contributed by atoms with Crippen molar-refractivity contribution >= 4 is 78.4 Å². The molecular weight excluding hydrogens is 784 g/mol. The number of methoxy groups -OCH3 is 1. The summed E-state index contributed by atoms with van der Waals surface area (Å²) in [6, 6.07) is 14.2. The van der Waals surface area contributed by atoms with Gasteiger partial charge in [-0.25, -0.2) is 23.8 Å². The van der Waals surface area contributed by atoms with E-state index in [1.165, 1.54) is 13.2 Å². The average Bonchev–Trinajstić information content (AvgIpc) is 3.53. The molecule has 0 fully saturated rings. The number of nitrogens with zero attached hydrogens (tertiary/aromatic N) is 5. The van der Waals surface area contributed by atoms with E-state index in [-0.39, 0.29) is 17.3 Å². The zero-order chi connectivity index (χ0) is 35.2. The summed E-state index contributed by atoms with van der Waals surface area (Å²) >= 11 is 13.6. The third-order valence-electron chi connectivity index (χ3n) is 7.38. The molecule has 2 aromatic carbocycles. The van der Waals surface area contributed by atoms with Crippen LogP contribution in [0.2, 0.25) is 5.02 Å². The van der Waals surface area contributed by atoms with Gasteiger partial charge in [-0.05, 0) is 48.0 Å². The van der Waals surface area contributed by atoms with Gasteiger partial charge in [-0.3, -0.25) is 4.79 Å². The Morgan fingerprint density at radius 2 is 1.94 bits per heavy atom. The summed E-state index contributed by atoms with van der Waals surface area (Å²) < 4.78 is 34.1. The Morgan fingerprint density at radius 1 is 1.16 bits per heavy atom. The molecule has 4 aromatic rings. The van der Waals surface area contributed by atoms with Crippen LogP contribution in [0.25, 0.3) is 11.4 Å². The summed E-state index contributed by atoms with van der Waals surface area (Å²) in [5.74, 6) is -1.51. The number of para-hydroxylation sites is 1. The van der Waals surface area contributed by atoms with Crippen LogP contribution in [-0.2, 0) is 11.3 Å². The fourth-order valence-electron chi connectivity index (χ4n) is 4.81. The molecule has 1 atom stereocenters. The van der Waals surface area contributed by atoms with Gasteiger partial charge in [0.05, 0.1) is 45.3 Å². The van der Waals surface area contributed by atoms with Crippen molar-refractivity contribution in [2.75, 3.05) is 17.8 Å². The van der Waals surface area contributed by atoms with Crippen molar-refractivity contribution in [2.24, 2.45) is 10.1 Å². The number of fused-ring (bicyclic) bond motifs is 1. The summed E-state index contributed by atoms with van der Waals surface area (Å²) in [6.45, 7) is 12.3. The van der Waals surface area contributed by atoms with Gasteiger partial charge < -0.3 is 19.8 Å². The predicted molar refractivity (Wildman–Crippen MR) is 198 cm³/mol. The second kappa shape index (κ2) is 15.7. The molecule has 3 heterocycles. The van der Waals surface area contributed by atoms with Gasteiger partial charge in [-0.1, -0.05) is 81.4 Å². The lowest BCUT2D eigenvalue weighted by atomic mass is 10.1. The summed E-state index contributed by atoms with van der Waals surface area (Å²) in [5.41, 5.74) is 4.78. The highest BCUT2D eigenvalue weighted by molar-refractivity contribution is 9.09. The predicted octanol–water partition coefficient (Wildman–Crippen LogP) is 8.76. The van der Waals surface area contributed by atoms with Crippen molar-refractivity contribution in [1.82, 2.24) is 19.7 Å². The molecule has 9 nitrogen and oxygen atoms in total. The fourth-order valence-corrected chi connectivity index (χ4v) is 5.91. The minimum atomic E-state index is -0.918. The first-order valence-corrected chi connectivity index (χ1v) is 17.1. The highest BCUT2D eigenvalue weighted by Crippen LogP contribution is 2.31. The SMILES string of the molecule is C=C(NCc1ccc(F)c(F)c1)C1=NC(=C)N(/N=C\CC(Br)c2cc(C(=C)OC)nc3c(C(=O)Nc4ccccc4Cl)ccn23)C(CBr)=C1. The summed E-state index contributed by atoms with van der Waals surface area (Å²) in [4.78, 5) is 22.3. The Labute approximate surface area is 303 Å². The van der Waals surface area contributed by atoms with Crippen LogP contribution < -0.4 is 10.6 Å². The van der Waals surface area contributed by atoms with E-state index >= 15 is 0 Å². The second-order valence-electron chi connectivity index (χ2n) is 10.6. The maximum absolute atomic E-state index is 13.6. The van der Waals surface area contributed by atoms with Crippen molar-refractivity contribution < 1.29 is 18.3 Å². The highest BCUT2D eigenvalue weighted by Gasteiger charge is 2.22. The number of rotatable bonds is 13. The molecule has 14 heteroatoms. The van der Waals surface area contributed by atoms with Gasteiger partial charge in [0.15, 0.2) is 17.3 Å². The Hall–Kier alpha value is -4.59. The third kappa shape index (κ3) is 8.18. The first kappa shape index (κ1) is 35.7. The maximum atomic E-state index is 13.6. The van der Waals surface area contributed by atoms with Crippen molar-refractivity contribution in [3.8, 4) is 0 Å². The number of benzene rings is 2. The number of hydrogen-bond acceptors (Lipinski definition) is 7. The minimum Gasteiger partial charge on any atom is -0.495 e. The van der Waals surface area contributed by atoms with Crippen molar-refractivity contribution in [3.63, 3.8) is 0 Å². The number of anilines is 1. The van der Waals surface area contributed by atoms with E-state index in [0.29, 0.717) is 67.9 Å². The lowest BCUT2D eigenvalue weighted by Crippen LogP contribution is -2.26. The van der Waals surface area contributed by atoms with Crippen LogP contribution in [0.15, 0.2) is 114 Å². The van der Waals surface area contributed by atoms with Gasteiger partial charge in [0.2, 0.25) is 0 Å². The molecule has 49 heavy (non-hydrogen) atoms. The molecule has 252 valence electrons. The maximum Gasteiger partial charge on any atom is 0.259 e. The number of hydrogen-bond donors (Lipinski definition) is 2. The monoisotopic (exact) mass is 811 g/mol. The number of carbonyl (C=O) groups is 1. The first-order chi connectivity index (χ1) is 23.5. The molecule has 0 bridgehead atoms. The number of aliphatic imine (C=N–C) groups is 1. The van der Waals surface area contributed by atoms with Gasteiger partial charge in [-0.15, -0.1) is 0 Å². The molecule has 1 amide bonds. The van der Waals surface area contributed by atoms with Crippen LogP contribution in [0.5, 0.6) is 0 Å². The molecule has 2 aromatic heterocycles. The molecule has 0 spiro atoms. The topological polar surface area (TPSA) is 95.6 Å². The molecule has 1 aliphatic heterocycles. The molecule has 0 radical (unpaired) electrons. The summed E-state index contributed by atoms with van der Waals surface area (Å²) in [7, 11) is 1.50. The Kier molecular flexibility index (Phi) is 11.5. The zero-order valence-corrected chi connectivity index (χ0v) is 30.1. The van der Waals surface area contributed by atoms with Crippen molar-refractivity contribution in [1.29, 1.82) is 0 Å². The zero-order valence-electron chi connectivity index (χ0n) is 26.2. The molecular formula is C35H30Br2ClF2N7O2. The standard InChI is InChI=1S/C35H30Br2ClF2N7O2/c1-20(41-19-23-9-10-28(39)29(40)15-23)31-16-24(18-36)47(22(3)43-31)42-13-11-26(37)33-17-32(21(2)49-4)44-34-25(12-14-46(33)34)35(48)45-30-8-6-5-7-27(30)38/h5-10,12-17,26,41H,1-3,11,18-19H2,4H3,(H,45,48)/b42-13-. The van der Waals surface area contributed by atoms with E-state index in [4.69, 9.17) is 16.3 Å². The van der Waals surface area contributed by atoms with Gasteiger partial charge in [-0.2, -0.15) is 5.10 Å². The fraction of sp³-hybridized carbons (Fsp3) is 0.143. The molecule has 1 unspecified atom stereocenters. The number of allylic oxidation sites excluding steroid dienone is 2. The van der Waals surface area contributed by atoms with Crippen LogP contribution in [0, 0.1) is 11.6 Å². The molecule has 0 aliphatic carbocycles. The summed E-state index contributed by atoms with van der Waals surface area (Å²) in [5, 5.41) is 13.0. The smallest absolute Gasteiger partial charge is 0.259 e. The van der Waals surface area contributed by atoms with Gasteiger partial charge in [0.1, 0.15) is 17.3 Å². The molecule has 1 aliphatic rings. The number of carbonyl (C=O) groups excluding carboxylic acids is 1. The van der Waals surface area contributed by atoms with E-state index in [1.54, 1.807) is 53.8 Å². The van der Waals surface area contributed by atoms with Crippen LogP contribution in [0.3, 0.4) is 0 Å². The van der Waals surface area contributed by atoms with E-state index in [1.807, 2.05) is 10.5 Å². The number of nitrogens with one attached hydrogen (secondary N) is 2. The van der Waals surface area contributed by atoms with Crippen molar-refractivity contribution in [3.05, 3.63) is 143 Å². The third-order valence-corrected chi connectivity index (χ3v) is 9.13. The largest absolute Gasteiger partial charge is 0.495 e. The van der Waals surface area contributed by atoms with Crippen LogP contribution in [0.1, 0.15) is 38.6 Å².